The van der Waals surface area contributed by atoms with Crippen LogP contribution in [0, 0.1) is 13.8 Å². The number of anilines is 1. The largest absolute Gasteiger partial charge is 0.368 e. The summed E-state index contributed by atoms with van der Waals surface area (Å²) >= 11 is 0. The zero-order valence-corrected chi connectivity index (χ0v) is 17.7. The van der Waals surface area contributed by atoms with E-state index in [4.69, 9.17) is 0 Å². The van der Waals surface area contributed by atoms with E-state index in [9.17, 15) is 8.42 Å². The molecule has 148 valence electrons. The molecule has 1 saturated heterocycles. The van der Waals surface area contributed by atoms with Gasteiger partial charge in [-0.1, -0.05) is 0 Å². The van der Waals surface area contributed by atoms with Gasteiger partial charge in [-0.15, -0.1) is 12.4 Å². The van der Waals surface area contributed by atoms with Crippen LogP contribution in [-0.4, -0.2) is 43.9 Å². The third-order valence-electron chi connectivity index (χ3n) is 5.75. The van der Waals surface area contributed by atoms with Gasteiger partial charge in [-0.2, -0.15) is 5.10 Å². The Morgan fingerprint density at radius 2 is 1.89 bits per heavy atom. The van der Waals surface area contributed by atoms with Crippen molar-refractivity contribution in [2.75, 3.05) is 24.5 Å². The van der Waals surface area contributed by atoms with E-state index < -0.39 is 9.84 Å². The predicted octanol–water partition coefficient (Wildman–Crippen LogP) is 2.41. The van der Waals surface area contributed by atoms with Crippen LogP contribution >= 0.6 is 12.4 Å². The Balaban J connectivity index is 0.00000210. The topological polar surface area (TPSA) is 67.2 Å². The second-order valence-electron chi connectivity index (χ2n) is 7.34. The fourth-order valence-electron chi connectivity index (χ4n) is 4.33. The van der Waals surface area contributed by atoms with E-state index in [2.05, 4.69) is 15.3 Å². The van der Waals surface area contributed by atoms with Gasteiger partial charge in [0, 0.05) is 25.3 Å². The van der Waals surface area contributed by atoms with Gasteiger partial charge in [-0.25, -0.2) is 8.42 Å². The van der Waals surface area contributed by atoms with Crippen LogP contribution < -0.4 is 10.2 Å². The summed E-state index contributed by atoms with van der Waals surface area (Å²) in [6.07, 6.45) is 3.20. The van der Waals surface area contributed by atoms with Crippen molar-refractivity contribution in [2.24, 2.45) is 7.05 Å². The summed E-state index contributed by atoms with van der Waals surface area (Å²) in [6.45, 7) is 6.66. The predicted molar refractivity (Wildman–Crippen MR) is 109 cm³/mol. The number of benzene rings is 1. The summed E-state index contributed by atoms with van der Waals surface area (Å²) in [6, 6.07) is 6.19. The van der Waals surface area contributed by atoms with Crippen molar-refractivity contribution in [2.45, 2.75) is 48.9 Å². The van der Waals surface area contributed by atoms with Crippen molar-refractivity contribution in [3.05, 3.63) is 35.2 Å². The Morgan fingerprint density at radius 3 is 2.52 bits per heavy atom. The first-order valence-corrected chi connectivity index (χ1v) is 10.7. The van der Waals surface area contributed by atoms with Crippen LogP contribution in [-0.2, 0) is 23.3 Å². The maximum atomic E-state index is 13.2. The number of rotatable bonds is 3. The van der Waals surface area contributed by atoms with E-state index in [-0.39, 0.29) is 12.4 Å². The van der Waals surface area contributed by atoms with E-state index >= 15 is 0 Å². The van der Waals surface area contributed by atoms with Gasteiger partial charge in [-0.3, -0.25) is 4.68 Å². The minimum Gasteiger partial charge on any atom is -0.368 e. The molecule has 1 aromatic heterocycles. The van der Waals surface area contributed by atoms with Gasteiger partial charge in [0.2, 0.25) is 9.84 Å². The molecule has 0 spiro atoms. The number of sulfone groups is 1. The zero-order valence-electron chi connectivity index (χ0n) is 16.0. The van der Waals surface area contributed by atoms with Gasteiger partial charge in [0.25, 0.3) is 0 Å². The van der Waals surface area contributed by atoms with E-state index in [1.165, 1.54) is 5.69 Å². The molecule has 0 unspecified atom stereocenters. The average Bonchev–Trinajstić information content (AvgIpc) is 3.16. The molecule has 1 N–H and O–H groups in total. The number of piperidine rings is 1. The molecule has 4 rings (SSSR count). The van der Waals surface area contributed by atoms with E-state index in [1.807, 2.05) is 12.1 Å². The molecular formula is C19H27ClN4O2S. The maximum Gasteiger partial charge on any atom is 0.210 e. The van der Waals surface area contributed by atoms with Gasteiger partial charge in [0.15, 0.2) is 0 Å². The molecule has 0 bridgehead atoms. The second kappa shape index (κ2) is 7.45. The summed E-state index contributed by atoms with van der Waals surface area (Å²) in [5, 5.41) is 7.68. The van der Waals surface area contributed by atoms with Crippen LogP contribution in [0.5, 0.6) is 0 Å². The van der Waals surface area contributed by atoms with Crippen LogP contribution in [0.4, 0.5) is 5.69 Å². The lowest BCUT2D eigenvalue weighted by Gasteiger charge is -2.33. The minimum absolute atomic E-state index is 0. The summed E-state index contributed by atoms with van der Waals surface area (Å²) < 4.78 is 28.0. The third kappa shape index (κ3) is 3.37. The lowest BCUT2D eigenvalue weighted by molar-refractivity contribution is 0.435. The average molecular weight is 411 g/mol. The number of nitrogens with one attached hydrogen (secondary N) is 1. The Hall–Kier alpha value is -1.57. The quantitative estimate of drug-likeness (QED) is 0.841. The Kier molecular flexibility index (Phi) is 5.57. The molecule has 2 aliphatic heterocycles. The molecule has 0 saturated carbocycles. The molecule has 0 radical (unpaired) electrons. The van der Waals surface area contributed by atoms with Gasteiger partial charge >= 0.3 is 0 Å². The summed E-state index contributed by atoms with van der Waals surface area (Å²) in [5.74, 6) is 0. The molecule has 6 nitrogen and oxygen atoms in total. The van der Waals surface area contributed by atoms with Gasteiger partial charge in [-0.05, 0) is 70.0 Å². The first-order chi connectivity index (χ1) is 12.4. The summed E-state index contributed by atoms with van der Waals surface area (Å²) in [5.41, 5.74) is 3.58. The lowest BCUT2D eigenvalue weighted by Crippen LogP contribution is -2.42. The monoisotopic (exact) mass is 410 g/mol. The normalized spacial score (nSPS) is 17.7. The fourth-order valence-corrected chi connectivity index (χ4v) is 6.06. The van der Waals surface area contributed by atoms with Crippen LogP contribution in [0.15, 0.2) is 28.0 Å². The minimum atomic E-state index is -3.56. The molecule has 0 aliphatic carbocycles. The number of aryl methyl sites for hydroxylation is 2. The Morgan fingerprint density at radius 1 is 1.19 bits per heavy atom. The van der Waals surface area contributed by atoms with Gasteiger partial charge in [0.1, 0.15) is 4.90 Å². The van der Waals surface area contributed by atoms with Crippen LogP contribution in [0.2, 0.25) is 0 Å². The van der Waals surface area contributed by atoms with Gasteiger partial charge in [0.05, 0.1) is 16.3 Å². The zero-order chi connectivity index (χ0) is 18.5. The highest BCUT2D eigenvalue weighted by atomic mass is 35.5. The van der Waals surface area contributed by atoms with Crippen LogP contribution in [0.1, 0.15) is 29.8 Å². The van der Waals surface area contributed by atoms with Crippen molar-refractivity contribution in [3.8, 4) is 0 Å². The highest BCUT2D eigenvalue weighted by Gasteiger charge is 2.30. The van der Waals surface area contributed by atoms with Crippen molar-refractivity contribution in [1.82, 2.24) is 15.1 Å². The molecular weight excluding hydrogens is 384 g/mol. The highest BCUT2D eigenvalue weighted by molar-refractivity contribution is 7.91. The third-order valence-corrected chi connectivity index (χ3v) is 7.76. The Labute approximate surface area is 167 Å². The molecule has 1 aromatic carbocycles. The maximum absolute atomic E-state index is 13.2. The number of fused-ring (bicyclic) bond motifs is 1. The number of nitrogens with zero attached hydrogens (tertiary/aromatic N) is 3. The first kappa shape index (κ1) is 20.2. The number of hydrogen-bond donors (Lipinski definition) is 1. The molecule has 8 heteroatoms. The van der Waals surface area contributed by atoms with Crippen LogP contribution in [0.25, 0.3) is 0 Å². The summed E-state index contributed by atoms with van der Waals surface area (Å²) in [4.78, 5) is 3.18. The molecule has 2 aliphatic rings. The lowest BCUT2D eigenvalue weighted by atomic mass is 10.0. The van der Waals surface area contributed by atoms with E-state index in [1.54, 1.807) is 31.6 Å². The van der Waals surface area contributed by atoms with Crippen LogP contribution in [0.3, 0.4) is 0 Å². The standard InChI is InChI=1S/C19H26N4O2S.ClH/c1-13-19(14(2)22(3)21-13)26(24,25)17-4-5-18-15(12-17)8-11-23(18)16-6-9-20-10-7-16;/h4-5,12,16,20H,6-11H2,1-3H3;1H. The second-order valence-corrected chi connectivity index (χ2v) is 9.23. The highest BCUT2D eigenvalue weighted by Crippen LogP contribution is 2.35. The van der Waals surface area contributed by atoms with Gasteiger partial charge < -0.3 is 10.2 Å². The molecule has 0 amide bonds. The Bertz CT molecular complexity index is 949. The molecule has 3 heterocycles. The van der Waals surface area contributed by atoms with E-state index in [0.29, 0.717) is 27.2 Å². The smallest absolute Gasteiger partial charge is 0.210 e. The number of aromatic nitrogens is 2. The first-order valence-electron chi connectivity index (χ1n) is 9.25. The van der Waals surface area contributed by atoms with Crippen molar-refractivity contribution >= 4 is 27.9 Å². The summed E-state index contributed by atoms with van der Waals surface area (Å²) in [7, 11) is -1.78. The number of halogens is 1. The molecule has 1 fully saturated rings. The van der Waals surface area contributed by atoms with E-state index in [0.717, 1.165) is 44.5 Å². The van der Waals surface area contributed by atoms with Crippen molar-refractivity contribution in [3.63, 3.8) is 0 Å². The molecule has 27 heavy (non-hydrogen) atoms. The van der Waals surface area contributed by atoms with Crippen molar-refractivity contribution < 1.29 is 8.42 Å². The fraction of sp³-hybridized carbons (Fsp3) is 0.526. The number of hydrogen-bond acceptors (Lipinski definition) is 5. The molecule has 0 atom stereocenters. The molecule has 2 aromatic rings. The van der Waals surface area contributed by atoms with Crippen molar-refractivity contribution in [1.29, 1.82) is 0 Å². The SMILES string of the molecule is Cc1nn(C)c(C)c1S(=O)(=O)c1ccc2c(c1)CCN2C1CCNCC1.Cl.